The van der Waals surface area contributed by atoms with Crippen molar-refractivity contribution >= 4 is 27.4 Å². The number of hydrogen-bond donors (Lipinski definition) is 0. The third kappa shape index (κ3) is 3.34. The largest absolute Gasteiger partial charge is 0.354 e. The van der Waals surface area contributed by atoms with Crippen molar-refractivity contribution in [2.45, 2.75) is 11.8 Å². The smallest absolute Gasteiger partial charge is 0.243 e. The van der Waals surface area contributed by atoms with E-state index in [4.69, 9.17) is 11.6 Å². The maximum absolute atomic E-state index is 12.7. The van der Waals surface area contributed by atoms with E-state index in [0.717, 1.165) is 11.4 Å². The Labute approximate surface area is 141 Å². The standard InChI is InChI=1S/C16H18ClN3O2S/c1-13-5-6-14(12-15(13)17)23(21,22)20-10-8-19(9-11-20)16-4-2-3-7-18-16/h2-7,12H,8-11H2,1H3. The Hall–Kier alpha value is -1.63. The Kier molecular flexibility index (Phi) is 4.57. The van der Waals surface area contributed by atoms with Crippen molar-refractivity contribution < 1.29 is 8.42 Å². The number of aryl methyl sites for hydroxylation is 1. The third-order valence-electron chi connectivity index (χ3n) is 3.99. The molecule has 1 aliphatic rings. The molecule has 0 radical (unpaired) electrons. The molecule has 0 amide bonds. The van der Waals surface area contributed by atoms with Gasteiger partial charge in [0.1, 0.15) is 5.82 Å². The van der Waals surface area contributed by atoms with Gasteiger partial charge >= 0.3 is 0 Å². The number of aromatic nitrogens is 1. The van der Waals surface area contributed by atoms with Crippen LogP contribution in [0.5, 0.6) is 0 Å². The van der Waals surface area contributed by atoms with Crippen LogP contribution in [-0.2, 0) is 10.0 Å². The van der Waals surface area contributed by atoms with Gasteiger partial charge in [0.15, 0.2) is 0 Å². The summed E-state index contributed by atoms with van der Waals surface area (Å²) in [6.45, 7) is 3.96. The van der Waals surface area contributed by atoms with E-state index < -0.39 is 10.0 Å². The normalized spacial score (nSPS) is 16.5. The van der Waals surface area contributed by atoms with Gasteiger partial charge in [0.05, 0.1) is 4.90 Å². The van der Waals surface area contributed by atoms with Gasteiger partial charge in [-0.05, 0) is 36.8 Å². The Morgan fingerprint density at radius 3 is 2.43 bits per heavy atom. The summed E-state index contributed by atoms with van der Waals surface area (Å²) < 4.78 is 27.0. The zero-order valence-corrected chi connectivity index (χ0v) is 14.4. The number of piperazine rings is 1. The van der Waals surface area contributed by atoms with E-state index in [9.17, 15) is 8.42 Å². The predicted octanol–water partition coefficient (Wildman–Crippen LogP) is 2.55. The number of halogens is 1. The lowest BCUT2D eigenvalue weighted by Gasteiger charge is -2.34. The zero-order valence-electron chi connectivity index (χ0n) is 12.8. The fourth-order valence-corrected chi connectivity index (χ4v) is 4.28. The molecule has 122 valence electrons. The first-order valence-electron chi connectivity index (χ1n) is 7.41. The van der Waals surface area contributed by atoms with E-state index in [1.807, 2.05) is 25.1 Å². The molecule has 5 nitrogen and oxygen atoms in total. The van der Waals surface area contributed by atoms with Gasteiger partial charge in [0, 0.05) is 37.4 Å². The second-order valence-corrected chi connectivity index (χ2v) is 7.84. The first kappa shape index (κ1) is 16.2. The summed E-state index contributed by atoms with van der Waals surface area (Å²) in [5.74, 6) is 0.878. The fourth-order valence-electron chi connectivity index (χ4n) is 2.58. The quantitative estimate of drug-likeness (QED) is 0.852. The number of benzene rings is 1. The summed E-state index contributed by atoms with van der Waals surface area (Å²) in [5, 5.41) is 0.471. The van der Waals surface area contributed by atoms with Crippen LogP contribution >= 0.6 is 11.6 Å². The zero-order chi connectivity index (χ0) is 16.4. The highest BCUT2D eigenvalue weighted by atomic mass is 35.5. The lowest BCUT2D eigenvalue weighted by molar-refractivity contribution is 0.384. The van der Waals surface area contributed by atoms with E-state index in [1.54, 1.807) is 18.3 Å². The molecule has 0 N–H and O–H groups in total. The predicted molar refractivity (Wildman–Crippen MR) is 91.4 cm³/mol. The Morgan fingerprint density at radius 2 is 1.83 bits per heavy atom. The molecule has 0 bridgehead atoms. The van der Waals surface area contributed by atoms with Crippen LogP contribution in [0.2, 0.25) is 5.02 Å². The molecule has 3 rings (SSSR count). The second kappa shape index (κ2) is 6.47. The summed E-state index contributed by atoms with van der Waals surface area (Å²) in [5.41, 5.74) is 0.866. The SMILES string of the molecule is Cc1ccc(S(=O)(=O)N2CCN(c3ccccn3)CC2)cc1Cl. The maximum atomic E-state index is 12.7. The van der Waals surface area contributed by atoms with Gasteiger partial charge in [-0.2, -0.15) is 4.31 Å². The minimum atomic E-state index is -3.51. The molecule has 23 heavy (non-hydrogen) atoms. The lowest BCUT2D eigenvalue weighted by Crippen LogP contribution is -2.48. The van der Waals surface area contributed by atoms with Crippen molar-refractivity contribution in [3.63, 3.8) is 0 Å². The molecule has 7 heteroatoms. The maximum Gasteiger partial charge on any atom is 0.243 e. The van der Waals surface area contributed by atoms with Crippen LogP contribution < -0.4 is 4.90 Å². The number of sulfonamides is 1. The number of nitrogens with zero attached hydrogens (tertiary/aromatic N) is 3. The van der Waals surface area contributed by atoms with Crippen molar-refractivity contribution in [1.82, 2.24) is 9.29 Å². The molecule has 2 aromatic rings. The molecule has 1 fully saturated rings. The molecular formula is C16H18ClN3O2S. The highest BCUT2D eigenvalue weighted by molar-refractivity contribution is 7.89. The second-order valence-electron chi connectivity index (χ2n) is 5.49. The van der Waals surface area contributed by atoms with Gasteiger partial charge in [-0.15, -0.1) is 0 Å². The van der Waals surface area contributed by atoms with E-state index in [2.05, 4.69) is 9.88 Å². The van der Waals surface area contributed by atoms with E-state index in [0.29, 0.717) is 31.2 Å². The minimum Gasteiger partial charge on any atom is -0.354 e. The van der Waals surface area contributed by atoms with Gasteiger partial charge in [-0.3, -0.25) is 0 Å². The van der Waals surface area contributed by atoms with Crippen LogP contribution in [0.25, 0.3) is 0 Å². The molecule has 0 atom stereocenters. The van der Waals surface area contributed by atoms with E-state index >= 15 is 0 Å². The first-order valence-corrected chi connectivity index (χ1v) is 9.22. The van der Waals surface area contributed by atoms with Crippen LogP contribution in [-0.4, -0.2) is 43.9 Å². The Morgan fingerprint density at radius 1 is 1.09 bits per heavy atom. The van der Waals surface area contributed by atoms with E-state index in [1.165, 1.54) is 10.4 Å². The van der Waals surface area contributed by atoms with Crippen LogP contribution in [0.1, 0.15) is 5.56 Å². The number of rotatable bonds is 3. The molecule has 0 aliphatic carbocycles. The van der Waals surface area contributed by atoms with Crippen LogP contribution in [0, 0.1) is 6.92 Å². The molecule has 1 aliphatic heterocycles. The topological polar surface area (TPSA) is 53.5 Å². The number of hydrogen-bond acceptors (Lipinski definition) is 4. The molecule has 0 saturated carbocycles. The van der Waals surface area contributed by atoms with Gasteiger partial charge in [0.25, 0.3) is 0 Å². The summed E-state index contributed by atoms with van der Waals surface area (Å²) in [6.07, 6.45) is 1.74. The average molecular weight is 352 g/mol. The Balaban J connectivity index is 1.75. The summed E-state index contributed by atoms with van der Waals surface area (Å²) in [6, 6.07) is 10.6. The van der Waals surface area contributed by atoms with Crippen LogP contribution in [0.4, 0.5) is 5.82 Å². The monoisotopic (exact) mass is 351 g/mol. The van der Waals surface area contributed by atoms with Crippen molar-refractivity contribution in [1.29, 1.82) is 0 Å². The fraction of sp³-hybridized carbons (Fsp3) is 0.312. The van der Waals surface area contributed by atoms with Crippen molar-refractivity contribution in [3.05, 3.63) is 53.2 Å². The number of anilines is 1. The highest BCUT2D eigenvalue weighted by Gasteiger charge is 2.29. The summed E-state index contributed by atoms with van der Waals surface area (Å²) in [7, 11) is -3.51. The van der Waals surface area contributed by atoms with Crippen LogP contribution in [0.3, 0.4) is 0 Å². The van der Waals surface area contributed by atoms with Gasteiger partial charge < -0.3 is 4.90 Å². The minimum absolute atomic E-state index is 0.249. The van der Waals surface area contributed by atoms with E-state index in [-0.39, 0.29) is 4.90 Å². The lowest BCUT2D eigenvalue weighted by atomic mass is 10.2. The molecule has 2 heterocycles. The molecule has 0 unspecified atom stereocenters. The van der Waals surface area contributed by atoms with Crippen LogP contribution in [0.15, 0.2) is 47.5 Å². The molecule has 1 saturated heterocycles. The van der Waals surface area contributed by atoms with Crippen molar-refractivity contribution in [3.8, 4) is 0 Å². The van der Waals surface area contributed by atoms with Gasteiger partial charge in [0.2, 0.25) is 10.0 Å². The summed E-state index contributed by atoms with van der Waals surface area (Å²) >= 11 is 6.06. The first-order chi connectivity index (χ1) is 11.0. The van der Waals surface area contributed by atoms with Gasteiger partial charge in [-0.25, -0.2) is 13.4 Å². The Bertz CT molecular complexity index is 788. The number of pyridine rings is 1. The molecular weight excluding hydrogens is 334 g/mol. The van der Waals surface area contributed by atoms with Gasteiger partial charge in [-0.1, -0.05) is 23.7 Å². The van der Waals surface area contributed by atoms with Crippen molar-refractivity contribution in [2.24, 2.45) is 0 Å². The average Bonchev–Trinajstić information content (AvgIpc) is 2.58. The summed E-state index contributed by atoms with van der Waals surface area (Å²) in [4.78, 5) is 6.65. The molecule has 0 spiro atoms. The molecule has 1 aromatic carbocycles. The molecule has 1 aromatic heterocycles. The van der Waals surface area contributed by atoms with Crippen molar-refractivity contribution in [2.75, 3.05) is 31.1 Å². The highest BCUT2D eigenvalue weighted by Crippen LogP contribution is 2.24. The third-order valence-corrected chi connectivity index (χ3v) is 6.29.